The Labute approximate surface area is 134 Å². The van der Waals surface area contributed by atoms with E-state index in [1.807, 2.05) is 11.8 Å². The summed E-state index contributed by atoms with van der Waals surface area (Å²) in [6.07, 6.45) is 6.45. The highest BCUT2D eigenvalue weighted by Gasteiger charge is 2.30. The Bertz CT molecular complexity index is 690. The number of hydrogen-bond acceptors (Lipinski definition) is 4. The Morgan fingerprint density at radius 3 is 1.96 bits per heavy atom. The second-order valence-electron chi connectivity index (χ2n) is 5.57. The maximum absolute atomic E-state index is 12.5. The average Bonchev–Trinajstić information content (AvgIpc) is 2.62. The summed E-state index contributed by atoms with van der Waals surface area (Å²) in [4.78, 5) is 36.5. The van der Waals surface area contributed by atoms with Crippen LogP contribution in [0.1, 0.15) is 27.6 Å². The normalized spacial score (nSPS) is 17.9. The van der Waals surface area contributed by atoms with Gasteiger partial charge in [0.05, 0.1) is 0 Å². The summed E-state index contributed by atoms with van der Waals surface area (Å²) in [6, 6.07) is 6.81. The number of rotatable bonds is 2. The number of nitrogens with zero attached hydrogens (tertiary/aromatic N) is 4. The molecule has 1 fully saturated rings. The van der Waals surface area contributed by atoms with Crippen molar-refractivity contribution in [3.63, 3.8) is 0 Å². The zero-order chi connectivity index (χ0) is 16.2. The Balaban J connectivity index is 1.68. The lowest BCUT2D eigenvalue weighted by Gasteiger charge is -2.40. The zero-order valence-corrected chi connectivity index (χ0v) is 12.9. The monoisotopic (exact) mass is 310 g/mol. The predicted molar refractivity (Wildman–Crippen MR) is 84.9 cm³/mol. The number of carbonyl (C=O) groups is 2. The van der Waals surface area contributed by atoms with E-state index in [1.54, 1.807) is 54.0 Å². The van der Waals surface area contributed by atoms with Crippen LogP contribution >= 0.6 is 0 Å². The van der Waals surface area contributed by atoms with E-state index in [1.165, 1.54) is 0 Å². The molecule has 1 unspecified atom stereocenters. The van der Waals surface area contributed by atoms with Gasteiger partial charge in [-0.15, -0.1) is 0 Å². The van der Waals surface area contributed by atoms with Gasteiger partial charge in [-0.25, -0.2) is 0 Å². The molecular weight excluding hydrogens is 292 g/mol. The smallest absolute Gasteiger partial charge is 0.254 e. The van der Waals surface area contributed by atoms with Gasteiger partial charge in [0.25, 0.3) is 11.8 Å². The molecule has 6 heteroatoms. The van der Waals surface area contributed by atoms with Gasteiger partial charge >= 0.3 is 0 Å². The van der Waals surface area contributed by atoms with Crippen LogP contribution in [0.25, 0.3) is 0 Å². The minimum absolute atomic E-state index is 0.0177. The van der Waals surface area contributed by atoms with Gasteiger partial charge in [0.1, 0.15) is 0 Å². The largest absolute Gasteiger partial charge is 0.335 e. The van der Waals surface area contributed by atoms with Gasteiger partial charge in [0.15, 0.2) is 0 Å². The molecule has 1 saturated heterocycles. The summed E-state index contributed by atoms with van der Waals surface area (Å²) in [5, 5.41) is 0. The average molecular weight is 310 g/mol. The fourth-order valence-electron chi connectivity index (χ4n) is 2.78. The molecule has 3 rings (SSSR count). The fraction of sp³-hybridized carbons (Fsp3) is 0.294. The van der Waals surface area contributed by atoms with Crippen molar-refractivity contribution in [2.45, 2.75) is 13.0 Å². The Kier molecular flexibility index (Phi) is 4.32. The molecule has 0 radical (unpaired) electrons. The number of pyridine rings is 2. The Hall–Kier alpha value is -2.76. The second-order valence-corrected chi connectivity index (χ2v) is 5.57. The first-order valence-corrected chi connectivity index (χ1v) is 7.57. The lowest BCUT2D eigenvalue weighted by atomic mass is 10.1. The van der Waals surface area contributed by atoms with Crippen molar-refractivity contribution < 1.29 is 9.59 Å². The highest BCUT2D eigenvalue weighted by molar-refractivity contribution is 5.96. The van der Waals surface area contributed by atoms with Crippen LogP contribution < -0.4 is 0 Å². The molecule has 1 atom stereocenters. The zero-order valence-electron chi connectivity index (χ0n) is 12.9. The van der Waals surface area contributed by atoms with Crippen LogP contribution in [0.5, 0.6) is 0 Å². The third kappa shape index (κ3) is 3.21. The van der Waals surface area contributed by atoms with Crippen LogP contribution in [-0.4, -0.2) is 57.3 Å². The topological polar surface area (TPSA) is 66.4 Å². The van der Waals surface area contributed by atoms with E-state index in [4.69, 9.17) is 0 Å². The number of carbonyl (C=O) groups excluding carboxylic acids is 2. The third-order valence-electron chi connectivity index (χ3n) is 4.03. The summed E-state index contributed by atoms with van der Waals surface area (Å²) in [7, 11) is 0. The van der Waals surface area contributed by atoms with E-state index >= 15 is 0 Å². The number of aromatic nitrogens is 2. The molecule has 2 aromatic heterocycles. The van der Waals surface area contributed by atoms with Crippen LogP contribution in [-0.2, 0) is 0 Å². The van der Waals surface area contributed by atoms with Crippen molar-refractivity contribution in [2.75, 3.05) is 19.6 Å². The van der Waals surface area contributed by atoms with Crippen LogP contribution in [0, 0.1) is 0 Å². The van der Waals surface area contributed by atoms with E-state index in [2.05, 4.69) is 9.97 Å². The van der Waals surface area contributed by atoms with Gasteiger partial charge in [-0.3, -0.25) is 19.6 Å². The van der Waals surface area contributed by atoms with E-state index < -0.39 is 0 Å². The van der Waals surface area contributed by atoms with Crippen molar-refractivity contribution >= 4 is 11.8 Å². The third-order valence-corrected chi connectivity index (χ3v) is 4.03. The van der Waals surface area contributed by atoms with Crippen molar-refractivity contribution in [1.29, 1.82) is 0 Å². The van der Waals surface area contributed by atoms with Gasteiger partial charge in [-0.2, -0.15) is 0 Å². The SMILES string of the molecule is CC1CN(C(=O)c2ccncc2)CCN1C(=O)c1ccncc1. The van der Waals surface area contributed by atoms with Gasteiger partial charge in [0.2, 0.25) is 0 Å². The molecule has 1 aliphatic rings. The van der Waals surface area contributed by atoms with Crippen molar-refractivity contribution in [2.24, 2.45) is 0 Å². The van der Waals surface area contributed by atoms with Gasteiger partial charge in [0, 0.05) is 61.6 Å². The molecular formula is C17H18N4O2. The summed E-state index contributed by atoms with van der Waals surface area (Å²) in [5.41, 5.74) is 1.25. The van der Waals surface area contributed by atoms with Crippen molar-refractivity contribution in [3.8, 4) is 0 Å². The molecule has 118 valence electrons. The highest BCUT2D eigenvalue weighted by Crippen LogP contribution is 2.15. The number of amides is 2. The summed E-state index contributed by atoms with van der Waals surface area (Å²) in [6.45, 7) is 3.55. The molecule has 6 nitrogen and oxygen atoms in total. The first kappa shape index (κ1) is 15.1. The number of piperazine rings is 1. The van der Waals surface area contributed by atoms with Crippen molar-refractivity contribution in [1.82, 2.24) is 19.8 Å². The minimum Gasteiger partial charge on any atom is -0.335 e. The van der Waals surface area contributed by atoms with Gasteiger partial charge in [-0.05, 0) is 31.2 Å². The first-order valence-electron chi connectivity index (χ1n) is 7.57. The lowest BCUT2D eigenvalue weighted by molar-refractivity contribution is 0.0414. The molecule has 0 spiro atoms. The number of hydrogen-bond donors (Lipinski definition) is 0. The molecule has 2 amide bonds. The second kappa shape index (κ2) is 6.56. The standard InChI is InChI=1S/C17H18N4O2/c1-13-12-20(16(22)14-2-6-18-7-3-14)10-11-21(13)17(23)15-4-8-19-9-5-15/h2-9,13H,10-12H2,1H3. The van der Waals surface area contributed by atoms with E-state index in [-0.39, 0.29) is 17.9 Å². The van der Waals surface area contributed by atoms with Crippen LogP contribution in [0.15, 0.2) is 49.1 Å². The molecule has 0 bridgehead atoms. The molecule has 0 aliphatic carbocycles. The fourth-order valence-corrected chi connectivity index (χ4v) is 2.78. The van der Waals surface area contributed by atoms with Gasteiger partial charge < -0.3 is 9.80 Å². The van der Waals surface area contributed by atoms with Crippen molar-refractivity contribution in [3.05, 3.63) is 60.2 Å². The summed E-state index contributed by atoms with van der Waals surface area (Å²) in [5.74, 6) is -0.0360. The highest BCUT2D eigenvalue weighted by atomic mass is 16.2. The van der Waals surface area contributed by atoms with Crippen LogP contribution in [0.2, 0.25) is 0 Å². The van der Waals surface area contributed by atoms with Crippen LogP contribution in [0.4, 0.5) is 0 Å². The molecule has 0 saturated carbocycles. The summed E-state index contributed by atoms with van der Waals surface area (Å²) >= 11 is 0. The maximum Gasteiger partial charge on any atom is 0.254 e. The van der Waals surface area contributed by atoms with Crippen LogP contribution in [0.3, 0.4) is 0 Å². The lowest BCUT2D eigenvalue weighted by Crippen LogP contribution is -2.55. The quantitative estimate of drug-likeness (QED) is 0.842. The predicted octanol–water partition coefficient (Wildman–Crippen LogP) is 1.46. The van der Waals surface area contributed by atoms with E-state index in [0.717, 1.165) is 0 Å². The van der Waals surface area contributed by atoms with E-state index in [9.17, 15) is 9.59 Å². The molecule has 3 heterocycles. The van der Waals surface area contributed by atoms with E-state index in [0.29, 0.717) is 30.8 Å². The maximum atomic E-state index is 12.5. The molecule has 0 aromatic carbocycles. The Morgan fingerprint density at radius 1 is 0.913 bits per heavy atom. The molecule has 1 aliphatic heterocycles. The Morgan fingerprint density at radius 2 is 1.43 bits per heavy atom. The molecule has 2 aromatic rings. The molecule has 0 N–H and O–H groups in total. The molecule has 23 heavy (non-hydrogen) atoms. The first-order chi connectivity index (χ1) is 11.2. The minimum atomic E-state index is -0.0322. The summed E-state index contributed by atoms with van der Waals surface area (Å²) < 4.78 is 0. The van der Waals surface area contributed by atoms with Gasteiger partial charge in [-0.1, -0.05) is 0 Å².